The van der Waals surface area contributed by atoms with Gasteiger partial charge < -0.3 is 5.32 Å². The summed E-state index contributed by atoms with van der Waals surface area (Å²) in [6.45, 7) is 2.91. The van der Waals surface area contributed by atoms with E-state index in [1.807, 2.05) is 6.92 Å². The minimum atomic E-state index is -0.790. The van der Waals surface area contributed by atoms with Gasteiger partial charge in [-0.2, -0.15) is 11.3 Å². The Morgan fingerprint density at radius 3 is 2.53 bits per heavy atom. The lowest BCUT2D eigenvalue weighted by Gasteiger charge is -2.17. The maximum atomic E-state index is 13.2. The second-order valence-corrected chi connectivity index (χ2v) is 5.32. The highest BCUT2D eigenvalue weighted by Crippen LogP contribution is 2.14. The molecule has 19 heavy (non-hydrogen) atoms. The van der Waals surface area contributed by atoms with Crippen molar-refractivity contribution < 1.29 is 8.78 Å². The Balaban J connectivity index is 2.05. The Labute approximate surface area is 116 Å². The van der Waals surface area contributed by atoms with E-state index in [4.69, 9.17) is 0 Å². The van der Waals surface area contributed by atoms with Crippen molar-refractivity contribution in [1.29, 1.82) is 0 Å². The van der Waals surface area contributed by atoms with Crippen LogP contribution in [0.2, 0.25) is 0 Å². The zero-order valence-corrected chi connectivity index (χ0v) is 11.6. The number of halogens is 2. The molecule has 0 bridgehead atoms. The molecule has 0 fully saturated rings. The van der Waals surface area contributed by atoms with Crippen LogP contribution in [0.1, 0.15) is 18.1 Å². The fourth-order valence-electron chi connectivity index (χ4n) is 2.15. The second kappa shape index (κ2) is 6.78. The van der Waals surface area contributed by atoms with Crippen molar-refractivity contribution in [2.45, 2.75) is 25.8 Å². The van der Waals surface area contributed by atoms with Crippen LogP contribution in [0.15, 0.2) is 35.0 Å². The molecular weight excluding hydrogens is 264 g/mol. The van der Waals surface area contributed by atoms with E-state index in [0.717, 1.165) is 18.5 Å². The third kappa shape index (κ3) is 4.11. The van der Waals surface area contributed by atoms with Gasteiger partial charge in [0.1, 0.15) is 0 Å². The fraction of sp³-hybridized carbons (Fsp3) is 0.333. The van der Waals surface area contributed by atoms with Gasteiger partial charge in [0, 0.05) is 6.04 Å². The summed E-state index contributed by atoms with van der Waals surface area (Å²) in [5, 5.41) is 7.56. The van der Waals surface area contributed by atoms with E-state index in [1.165, 1.54) is 17.7 Å². The Morgan fingerprint density at radius 1 is 1.11 bits per heavy atom. The molecular formula is C15H17F2NS. The first-order chi connectivity index (χ1) is 9.19. The quantitative estimate of drug-likeness (QED) is 0.849. The maximum Gasteiger partial charge on any atom is 0.159 e. The van der Waals surface area contributed by atoms with Crippen LogP contribution in [0.4, 0.5) is 8.78 Å². The van der Waals surface area contributed by atoms with Crippen LogP contribution in [0.3, 0.4) is 0 Å². The minimum absolute atomic E-state index is 0.240. The molecule has 0 amide bonds. The van der Waals surface area contributed by atoms with Gasteiger partial charge in [-0.25, -0.2) is 8.78 Å². The summed E-state index contributed by atoms with van der Waals surface area (Å²) in [6, 6.07) is 6.46. The van der Waals surface area contributed by atoms with Gasteiger partial charge in [0.05, 0.1) is 0 Å². The van der Waals surface area contributed by atoms with Crippen LogP contribution in [0.25, 0.3) is 0 Å². The molecule has 2 rings (SSSR count). The Hall–Kier alpha value is -1.26. The van der Waals surface area contributed by atoms with Crippen molar-refractivity contribution in [1.82, 2.24) is 5.32 Å². The molecule has 0 radical (unpaired) electrons. The number of likely N-dealkylation sites (N-methyl/N-ethyl adjacent to an activating group) is 1. The molecule has 1 nitrogen and oxygen atoms in total. The largest absolute Gasteiger partial charge is 0.314 e. The summed E-state index contributed by atoms with van der Waals surface area (Å²) in [6.07, 6.45) is 1.59. The molecule has 0 saturated carbocycles. The van der Waals surface area contributed by atoms with Crippen LogP contribution in [-0.4, -0.2) is 12.6 Å². The van der Waals surface area contributed by atoms with Gasteiger partial charge in [-0.15, -0.1) is 0 Å². The lowest BCUT2D eigenvalue weighted by atomic mass is 10.0. The van der Waals surface area contributed by atoms with Crippen LogP contribution in [-0.2, 0) is 12.8 Å². The van der Waals surface area contributed by atoms with Crippen molar-refractivity contribution in [3.8, 4) is 0 Å². The molecule has 4 heteroatoms. The highest BCUT2D eigenvalue weighted by Gasteiger charge is 2.11. The van der Waals surface area contributed by atoms with Crippen molar-refractivity contribution in [2.24, 2.45) is 0 Å². The molecule has 0 aliphatic heterocycles. The summed E-state index contributed by atoms with van der Waals surface area (Å²) in [5.74, 6) is -1.56. The molecule has 0 saturated heterocycles. The van der Waals surface area contributed by atoms with Crippen LogP contribution < -0.4 is 5.32 Å². The van der Waals surface area contributed by atoms with Crippen LogP contribution >= 0.6 is 11.3 Å². The van der Waals surface area contributed by atoms with Gasteiger partial charge in [-0.3, -0.25) is 0 Å². The van der Waals surface area contributed by atoms with Gasteiger partial charge in [0.25, 0.3) is 0 Å². The normalized spacial score (nSPS) is 12.6. The lowest BCUT2D eigenvalue weighted by molar-refractivity contribution is 0.498. The topological polar surface area (TPSA) is 12.0 Å². The third-order valence-corrected chi connectivity index (χ3v) is 3.75. The molecule has 1 unspecified atom stereocenters. The van der Waals surface area contributed by atoms with Gasteiger partial charge in [0.2, 0.25) is 0 Å². The Bertz CT molecular complexity index is 511. The molecule has 1 heterocycles. The van der Waals surface area contributed by atoms with Crippen molar-refractivity contribution in [3.05, 3.63) is 57.8 Å². The van der Waals surface area contributed by atoms with E-state index in [-0.39, 0.29) is 6.04 Å². The number of nitrogens with one attached hydrogen (secondary N) is 1. The van der Waals surface area contributed by atoms with Crippen molar-refractivity contribution in [2.75, 3.05) is 6.54 Å². The molecule has 2 aromatic rings. The van der Waals surface area contributed by atoms with Gasteiger partial charge in [0.15, 0.2) is 11.6 Å². The zero-order chi connectivity index (χ0) is 13.7. The monoisotopic (exact) mass is 281 g/mol. The minimum Gasteiger partial charge on any atom is -0.314 e. The van der Waals surface area contributed by atoms with Gasteiger partial charge in [-0.05, 0) is 59.5 Å². The van der Waals surface area contributed by atoms with E-state index in [9.17, 15) is 8.78 Å². The second-order valence-electron chi connectivity index (χ2n) is 4.54. The van der Waals surface area contributed by atoms with Crippen LogP contribution in [0.5, 0.6) is 0 Å². The molecule has 0 aliphatic carbocycles. The molecule has 0 aliphatic rings. The first-order valence-electron chi connectivity index (χ1n) is 6.37. The Morgan fingerprint density at radius 2 is 1.89 bits per heavy atom. The van der Waals surface area contributed by atoms with Crippen LogP contribution in [0, 0.1) is 11.6 Å². The predicted molar refractivity (Wildman–Crippen MR) is 75.5 cm³/mol. The number of rotatable bonds is 6. The molecule has 1 aromatic heterocycles. The number of benzene rings is 1. The van der Waals surface area contributed by atoms with E-state index >= 15 is 0 Å². The van der Waals surface area contributed by atoms with E-state index in [1.54, 1.807) is 17.4 Å². The SMILES string of the molecule is CCNC(Cc1ccsc1)Cc1ccc(F)c(F)c1. The first-order valence-corrected chi connectivity index (χ1v) is 7.31. The summed E-state index contributed by atoms with van der Waals surface area (Å²) < 4.78 is 26.1. The third-order valence-electron chi connectivity index (χ3n) is 3.02. The molecule has 1 atom stereocenters. The average Bonchev–Trinajstić information content (AvgIpc) is 2.87. The van der Waals surface area contributed by atoms with Gasteiger partial charge in [-0.1, -0.05) is 13.0 Å². The predicted octanol–water partition coefficient (Wildman–Crippen LogP) is 3.79. The van der Waals surface area contributed by atoms with Crippen molar-refractivity contribution >= 4 is 11.3 Å². The summed E-state index contributed by atoms with van der Waals surface area (Å²) in [7, 11) is 0. The summed E-state index contributed by atoms with van der Waals surface area (Å²) in [5.41, 5.74) is 2.10. The molecule has 0 spiro atoms. The molecule has 102 valence electrons. The smallest absolute Gasteiger partial charge is 0.159 e. The number of hydrogen-bond donors (Lipinski definition) is 1. The standard InChI is InChI=1S/C15H17F2NS/c1-2-18-13(8-12-5-6-19-10-12)7-11-3-4-14(16)15(17)9-11/h3-6,9-10,13,18H,2,7-8H2,1H3. The maximum absolute atomic E-state index is 13.2. The lowest BCUT2D eigenvalue weighted by Crippen LogP contribution is -2.33. The zero-order valence-electron chi connectivity index (χ0n) is 10.8. The summed E-state index contributed by atoms with van der Waals surface area (Å²) in [4.78, 5) is 0. The number of hydrogen-bond acceptors (Lipinski definition) is 2. The molecule has 1 aromatic carbocycles. The Kier molecular flexibility index (Phi) is 5.05. The average molecular weight is 281 g/mol. The van der Waals surface area contributed by atoms with E-state index in [2.05, 4.69) is 22.1 Å². The highest BCUT2D eigenvalue weighted by molar-refractivity contribution is 7.07. The fourth-order valence-corrected chi connectivity index (χ4v) is 2.83. The van der Waals surface area contributed by atoms with E-state index in [0.29, 0.717) is 6.42 Å². The van der Waals surface area contributed by atoms with E-state index < -0.39 is 11.6 Å². The first kappa shape index (κ1) is 14.2. The van der Waals surface area contributed by atoms with Gasteiger partial charge >= 0.3 is 0 Å². The summed E-state index contributed by atoms with van der Waals surface area (Å²) >= 11 is 1.67. The number of thiophene rings is 1. The molecule has 1 N–H and O–H groups in total. The highest BCUT2D eigenvalue weighted by atomic mass is 32.1. The van der Waals surface area contributed by atoms with Crippen molar-refractivity contribution in [3.63, 3.8) is 0 Å².